The molecule has 0 saturated carbocycles. The number of rotatable bonds is 5. The second-order valence-electron chi connectivity index (χ2n) is 8.94. The summed E-state index contributed by atoms with van der Waals surface area (Å²) >= 11 is 0. The molecule has 34 heavy (non-hydrogen) atoms. The number of carbonyl (C=O) groups excluding carboxylic acids is 1. The van der Waals surface area contributed by atoms with Gasteiger partial charge in [0.1, 0.15) is 11.4 Å². The van der Waals surface area contributed by atoms with Gasteiger partial charge >= 0.3 is 0 Å². The number of hydrogen-bond donors (Lipinski definition) is 0. The molecule has 1 amide bonds. The molecule has 2 aromatic heterocycles. The van der Waals surface area contributed by atoms with E-state index >= 15 is 0 Å². The van der Waals surface area contributed by atoms with E-state index in [1.165, 1.54) is 11.1 Å². The largest absolute Gasteiger partial charge is 0.497 e. The normalized spacial score (nSPS) is 14.5. The van der Waals surface area contributed by atoms with Crippen LogP contribution in [0.3, 0.4) is 0 Å². The van der Waals surface area contributed by atoms with Crippen molar-refractivity contribution in [3.05, 3.63) is 78.1 Å². The van der Waals surface area contributed by atoms with E-state index in [-0.39, 0.29) is 5.91 Å². The smallest absolute Gasteiger partial charge is 0.219 e. The number of carbonyl (C=O) groups is 1. The zero-order valence-corrected chi connectivity index (χ0v) is 20.0. The van der Waals surface area contributed by atoms with Crippen molar-refractivity contribution in [1.82, 2.24) is 19.2 Å². The number of fused-ring (bicyclic) bond motifs is 1. The molecule has 1 fully saturated rings. The molecule has 0 radical (unpaired) electrons. The molecule has 3 heterocycles. The van der Waals surface area contributed by atoms with Crippen molar-refractivity contribution in [3.8, 4) is 28.1 Å². The Morgan fingerprint density at radius 2 is 1.71 bits per heavy atom. The van der Waals surface area contributed by atoms with Crippen molar-refractivity contribution in [2.45, 2.75) is 20.4 Å². The molecule has 0 spiro atoms. The minimum Gasteiger partial charge on any atom is -0.497 e. The Kier molecular flexibility index (Phi) is 6.07. The lowest BCUT2D eigenvalue weighted by molar-refractivity contribution is -0.130. The summed E-state index contributed by atoms with van der Waals surface area (Å²) in [5.41, 5.74) is 7.67. The van der Waals surface area contributed by atoms with E-state index in [1.807, 2.05) is 23.1 Å². The average Bonchev–Trinajstić information content (AvgIpc) is 3.22. The second-order valence-corrected chi connectivity index (χ2v) is 8.94. The summed E-state index contributed by atoms with van der Waals surface area (Å²) < 4.78 is 7.71. The van der Waals surface area contributed by atoms with E-state index in [0.29, 0.717) is 0 Å². The maximum absolute atomic E-state index is 11.8. The molecule has 174 valence electrons. The van der Waals surface area contributed by atoms with Crippen LogP contribution < -0.4 is 4.74 Å². The third-order valence-electron chi connectivity index (χ3n) is 6.60. The monoisotopic (exact) mass is 454 g/mol. The molecule has 0 bridgehead atoms. The number of pyridine rings is 1. The number of benzene rings is 2. The van der Waals surface area contributed by atoms with Crippen molar-refractivity contribution in [2.24, 2.45) is 0 Å². The third kappa shape index (κ3) is 4.41. The fourth-order valence-corrected chi connectivity index (χ4v) is 4.67. The number of amides is 1. The maximum atomic E-state index is 11.8. The minimum absolute atomic E-state index is 0.148. The number of aryl methyl sites for hydroxylation is 1. The topological polar surface area (TPSA) is 50.1 Å². The molecule has 6 heteroatoms. The van der Waals surface area contributed by atoms with Crippen LogP contribution in [0.4, 0.5) is 0 Å². The van der Waals surface area contributed by atoms with E-state index in [4.69, 9.17) is 9.72 Å². The van der Waals surface area contributed by atoms with Crippen molar-refractivity contribution in [1.29, 1.82) is 0 Å². The first-order valence-electron chi connectivity index (χ1n) is 11.7. The van der Waals surface area contributed by atoms with E-state index in [2.05, 4.69) is 64.9 Å². The van der Waals surface area contributed by atoms with Gasteiger partial charge < -0.3 is 14.0 Å². The summed E-state index contributed by atoms with van der Waals surface area (Å²) in [5, 5.41) is 0. The zero-order chi connectivity index (χ0) is 23.7. The molecule has 1 aliphatic rings. The lowest BCUT2D eigenvalue weighted by Gasteiger charge is -2.34. The van der Waals surface area contributed by atoms with Crippen LogP contribution in [0.1, 0.15) is 18.2 Å². The molecule has 2 aromatic carbocycles. The Balaban J connectivity index is 1.58. The van der Waals surface area contributed by atoms with E-state index < -0.39 is 0 Å². The molecule has 0 aliphatic carbocycles. The van der Waals surface area contributed by atoms with Crippen molar-refractivity contribution in [3.63, 3.8) is 0 Å². The van der Waals surface area contributed by atoms with Gasteiger partial charge in [-0.05, 0) is 42.3 Å². The van der Waals surface area contributed by atoms with Gasteiger partial charge in [0, 0.05) is 51.4 Å². The van der Waals surface area contributed by atoms with Crippen molar-refractivity contribution >= 4 is 11.6 Å². The Morgan fingerprint density at radius 3 is 2.44 bits per heavy atom. The SMILES string of the molecule is COc1cccc(-c2nc3ccc(-c4cccc(C)c4)cn3c2CN2CCN(C(C)=O)CC2)c1. The number of imidazole rings is 1. The van der Waals surface area contributed by atoms with E-state index in [0.717, 1.165) is 66.6 Å². The third-order valence-corrected chi connectivity index (χ3v) is 6.60. The highest BCUT2D eigenvalue weighted by Gasteiger charge is 2.22. The van der Waals surface area contributed by atoms with Gasteiger partial charge in [0.15, 0.2) is 0 Å². The van der Waals surface area contributed by atoms with Gasteiger partial charge in [-0.3, -0.25) is 9.69 Å². The number of aromatic nitrogens is 2. The minimum atomic E-state index is 0.148. The summed E-state index contributed by atoms with van der Waals surface area (Å²) in [6.07, 6.45) is 2.20. The summed E-state index contributed by atoms with van der Waals surface area (Å²) in [5.74, 6) is 0.963. The molecule has 0 N–H and O–H groups in total. The molecule has 0 atom stereocenters. The summed E-state index contributed by atoms with van der Waals surface area (Å²) in [6, 6.07) is 20.9. The average molecular weight is 455 g/mol. The quantitative estimate of drug-likeness (QED) is 0.441. The highest BCUT2D eigenvalue weighted by molar-refractivity contribution is 5.73. The number of hydrogen-bond acceptors (Lipinski definition) is 4. The Morgan fingerprint density at radius 1 is 0.941 bits per heavy atom. The van der Waals surface area contributed by atoms with Crippen molar-refractivity contribution in [2.75, 3.05) is 33.3 Å². The molecule has 1 aliphatic heterocycles. The molecular formula is C28H30N4O2. The summed E-state index contributed by atoms with van der Waals surface area (Å²) in [4.78, 5) is 21.1. The van der Waals surface area contributed by atoms with Gasteiger partial charge in [-0.1, -0.05) is 42.0 Å². The Labute approximate surface area is 200 Å². The van der Waals surface area contributed by atoms with Crippen LogP contribution in [0.5, 0.6) is 5.75 Å². The van der Waals surface area contributed by atoms with Gasteiger partial charge in [-0.25, -0.2) is 4.98 Å². The highest BCUT2D eigenvalue weighted by Crippen LogP contribution is 2.30. The van der Waals surface area contributed by atoms with E-state index in [9.17, 15) is 4.79 Å². The van der Waals surface area contributed by atoms with Gasteiger partial charge in [0.2, 0.25) is 5.91 Å². The highest BCUT2D eigenvalue weighted by atomic mass is 16.5. The number of piperazine rings is 1. The molecule has 5 rings (SSSR count). The van der Waals surface area contributed by atoms with Crippen LogP contribution >= 0.6 is 0 Å². The van der Waals surface area contributed by atoms with Gasteiger partial charge in [0.25, 0.3) is 0 Å². The first-order chi connectivity index (χ1) is 16.5. The Hall–Kier alpha value is -3.64. The van der Waals surface area contributed by atoms with Crippen LogP contribution in [-0.2, 0) is 11.3 Å². The Bertz CT molecular complexity index is 1340. The van der Waals surface area contributed by atoms with Crippen LogP contribution in [0, 0.1) is 6.92 Å². The number of nitrogens with zero attached hydrogens (tertiary/aromatic N) is 4. The molecule has 4 aromatic rings. The predicted molar refractivity (Wildman–Crippen MR) is 135 cm³/mol. The van der Waals surface area contributed by atoms with Gasteiger partial charge in [0.05, 0.1) is 18.5 Å². The summed E-state index contributed by atoms with van der Waals surface area (Å²) in [6.45, 7) is 7.74. The van der Waals surface area contributed by atoms with Gasteiger partial charge in [-0.15, -0.1) is 0 Å². The first-order valence-corrected chi connectivity index (χ1v) is 11.7. The van der Waals surface area contributed by atoms with Crippen molar-refractivity contribution < 1.29 is 9.53 Å². The molecular weight excluding hydrogens is 424 g/mol. The fourth-order valence-electron chi connectivity index (χ4n) is 4.67. The number of methoxy groups -OCH3 is 1. The molecule has 6 nitrogen and oxygen atoms in total. The number of ether oxygens (including phenoxy) is 1. The van der Waals surface area contributed by atoms with Gasteiger partial charge in [-0.2, -0.15) is 0 Å². The van der Waals surface area contributed by atoms with Crippen LogP contribution in [0.2, 0.25) is 0 Å². The maximum Gasteiger partial charge on any atom is 0.219 e. The lowest BCUT2D eigenvalue weighted by atomic mass is 10.1. The predicted octanol–water partition coefficient (Wildman–Crippen LogP) is 4.65. The second kappa shape index (κ2) is 9.31. The zero-order valence-electron chi connectivity index (χ0n) is 20.0. The van der Waals surface area contributed by atoms with E-state index in [1.54, 1.807) is 14.0 Å². The standard InChI is InChI=1S/C28H30N4O2/c1-20-6-4-7-22(16-20)24-10-11-27-29-28(23-8-5-9-25(17-23)34-3)26(32(27)18-24)19-30-12-14-31(15-13-30)21(2)33/h4-11,16-18H,12-15,19H2,1-3H3. The molecule has 0 unspecified atom stereocenters. The van der Waals surface area contributed by atoms with Crippen LogP contribution in [0.15, 0.2) is 66.9 Å². The summed E-state index contributed by atoms with van der Waals surface area (Å²) in [7, 11) is 1.69. The first kappa shape index (κ1) is 22.2. The fraction of sp³-hybridized carbons (Fsp3) is 0.286. The van der Waals surface area contributed by atoms with Crippen LogP contribution in [-0.4, -0.2) is 58.4 Å². The van der Waals surface area contributed by atoms with Crippen LogP contribution in [0.25, 0.3) is 28.0 Å². The molecule has 1 saturated heterocycles. The lowest BCUT2D eigenvalue weighted by Crippen LogP contribution is -2.47.